The molecule has 0 N–H and O–H groups in total. The van der Waals surface area contributed by atoms with Gasteiger partial charge in [-0.25, -0.2) is 18.4 Å². The van der Waals surface area contributed by atoms with Crippen molar-refractivity contribution in [3.8, 4) is 5.75 Å². The smallest absolute Gasteiger partial charge is 0.414 e. The highest BCUT2D eigenvalue weighted by Crippen LogP contribution is 2.32. The number of hydrogen-bond acceptors (Lipinski definition) is 5. The van der Waals surface area contributed by atoms with Crippen LogP contribution in [0.5, 0.6) is 5.75 Å². The SMILES string of the molecule is COc1cccc(N(C[C@@H]2C[C@@H](F)CN2C(=O)OC(C)(C)C)C(=O)OCC(Cl)(Cl)Cl)c1F. The summed E-state index contributed by atoms with van der Waals surface area (Å²) in [5, 5.41) is 0. The second-order valence-corrected chi connectivity index (χ2v) is 10.7. The zero-order chi connectivity index (χ0) is 24.3. The molecule has 1 fully saturated rings. The summed E-state index contributed by atoms with van der Waals surface area (Å²) >= 11 is 16.9. The molecule has 1 aliphatic rings. The van der Waals surface area contributed by atoms with Crippen molar-refractivity contribution >= 4 is 52.7 Å². The third-order valence-electron chi connectivity index (χ3n) is 4.42. The number of carbonyl (C=O) groups excluding carboxylic acids is 2. The molecule has 0 unspecified atom stereocenters. The molecule has 0 saturated carbocycles. The molecule has 12 heteroatoms. The summed E-state index contributed by atoms with van der Waals surface area (Å²) in [5.74, 6) is -0.972. The Kier molecular flexibility index (Phi) is 8.69. The van der Waals surface area contributed by atoms with Gasteiger partial charge in [0.15, 0.2) is 11.6 Å². The molecule has 180 valence electrons. The van der Waals surface area contributed by atoms with Crippen LogP contribution in [0.4, 0.5) is 24.1 Å². The van der Waals surface area contributed by atoms with Crippen molar-refractivity contribution in [1.82, 2.24) is 4.90 Å². The van der Waals surface area contributed by atoms with Gasteiger partial charge in [0.2, 0.25) is 3.79 Å². The zero-order valence-corrected chi connectivity index (χ0v) is 20.3. The van der Waals surface area contributed by atoms with Crippen LogP contribution in [-0.4, -0.2) is 65.5 Å². The summed E-state index contributed by atoms with van der Waals surface area (Å²) in [6.45, 7) is 3.91. The van der Waals surface area contributed by atoms with Crippen molar-refractivity contribution in [3.63, 3.8) is 0 Å². The van der Waals surface area contributed by atoms with Gasteiger partial charge in [0.25, 0.3) is 0 Å². The molecular formula is C20H25Cl3F2N2O5. The Labute approximate surface area is 200 Å². The van der Waals surface area contributed by atoms with E-state index in [4.69, 9.17) is 49.0 Å². The maximum Gasteiger partial charge on any atom is 0.414 e. The third-order valence-corrected chi connectivity index (χ3v) is 4.75. The number of anilines is 1. The highest BCUT2D eigenvalue weighted by molar-refractivity contribution is 6.67. The number of amides is 2. The van der Waals surface area contributed by atoms with Crippen molar-refractivity contribution in [2.75, 3.05) is 31.7 Å². The quantitative estimate of drug-likeness (QED) is 0.483. The van der Waals surface area contributed by atoms with Gasteiger partial charge in [0, 0.05) is 6.42 Å². The average Bonchev–Trinajstić information content (AvgIpc) is 3.03. The van der Waals surface area contributed by atoms with Gasteiger partial charge in [-0.15, -0.1) is 0 Å². The first kappa shape index (κ1) is 26.5. The lowest BCUT2D eigenvalue weighted by Gasteiger charge is -2.32. The van der Waals surface area contributed by atoms with Crippen molar-refractivity contribution < 1.29 is 32.6 Å². The fraction of sp³-hybridized carbons (Fsp3) is 0.600. The molecule has 2 amide bonds. The molecule has 1 aromatic carbocycles. The molecule has 2 atom stereocenters. The summed E-state index contributed by atoms with van der Waals surface area (Å²) in [4.78, 5) is 27.5. The van der Waals surface area contributed by atoms with E-state index in [0.29, 0.717) is 0 Å². The minimum atomic E-state index is -1.89. The molecule has 2 rings (SSSR count). The molecule has 0 spiro atoms. The van der Waals surface area contributed by atoms with Crippen LogP contribution >= 0.6 is 34.8 Å². The van der Waals surface area contributed by atoms with Gasteiger partial charge in [-0.1, -0.05) is 40.9 Å². The number of methoxy groups -OCH3 is 1. The number of benzene rings is 1. The molecule has 1 aliphatic heterocycles. The zero-order valence-electron chi connectivity index (χ0n) is 18.0. The number of likely N-dealkylation sites (tertiary alicyclic amines) is 1. The number of hydrogen-bond donors (Lipinski definition) is 0. The Bertz CT molecular complexity index is 832. The van der Waals surface area contributed by atoms with Gasteiger partial charge in [-0.05, 0) is 32.9 Å². The molecule has 32 heavy (non-hydrogen) atoms. The minimum Gasteiger partial charge on any atom is -0.494 e. The van der Waals surface area contributed by atoms with Crippen LogP contribution in [0.2, 0.25) is 0 Å². The van der Waals surface area contributed by atoms with Crippen molar-refractivity contribution in [2.24, 2.45) is 0 Å². The largest absolute Gasteiger partial charge is 0.494 e. The standard InChI is InChI=1S/C20H25Cl3F2N2O5/c1-19(2,3)32-18(29)26-9-12(24)8-13(26)10-27(17(28)31-11-20(21,22)23)14-6-5-7-15(30-4)16(14)25/h5-7,12-13H,8-11H2,1-4H3/t12-,13+/m1/s1. The van der Waals surface area contributed by atoms with Crippen LogP contribution in [0.25, 0.3) is 0 Å². The molecule has 0 bridgehead atoms. The van der Waals surface area contributed by atoms with Crippen LogP contribution in [0.3, 0.4) is 0 Å². The van der Waals surface area contributed by atoms with Gasteiger partial charge in [0.05, 0.1) is 31.9 Å². The van der Waals surface area contributed by atoms with Crippen LogP contribution in [-0.2, 0) is 9.47 Å². The van der Waals surface area contributed by atoms with Crippen LogP contribution < -0.4 is 9.64 Å². The summed E-state index contributed by atoms with van der Waals surface area (Å²) < 4.78 is 42.6. The number of nitrogens with zero attached hydrogens (tertiary/aromatic N) is 2. The normalized spacial score (nSPS) is 19.0. The Morgan fingerprint density at radius 3 is 2.47 bits per heavy atom. The Balaban J connectivity index is 2.35. The predicted molar refractivity (Wildman–Crippen MR) is 118 cm³/mol. The lowest BCUT2D eigenvalue weighted by molar-refractivity contribution is 0.0221. The van der Waals surface area contributed by atoms with Gasteiger partial charge < -0.3 is 19.1 Å². The number of halogens is 5. The Hall–Kier alpha value is -1.71. The predicted octanol–water partition coefficient (Wildman–Crippen LogP) is 5.50. The van der Waals surface area contributed by atoms with Crippen molar-refractivity contribution in [1.29, 1.82) is 0 Å². The van der Waals surface area contributed by atoms with Crippen LogP contribution in [0.1, 0.15) is 27.2 Å². The highest BCUT2D eigenvalue weighted by atomic mass is 35.6. The summed E-state index contributed by atoms with van der Waals surface area (Å²) in [6, 6.07) is 3.33. The molecule has 0 aliphatic carbocycles. The number of alkyl halides is 4. The van der Waals surface area contributed by atoms with E-state index in [1.807, 2.05) is 0 Å². The molecular weight excluding hydrogens is 493 g/mol. The van der Waals surface area contributed by atoms with E-state index in [0.717, 1.165) is 4.90 Å². The fourth-order valence-electron chi connectivity index (χ4n) is 3.15. The fourth-order valence-corrected chi connectivity index (χ4v) is 3.31. The summed E-state index contributed by atoms with van der Waals surface area (Å²) in [5.41, 5.74) is -1.01. The maximum atomic E-state index is 15.0. The Morgan fingerprint density at radius 1 is 1.25 bits per heavy atom. The monoisotopic (exact) mass is 516 g/mol. The average molecular weight is 518 g/mol. The topological polar surface area (TPSA) is 68.3 Å². The molecule has 7 nitrogen and oxygen atoms in total. The van der Waals surface area contributed by atoms with E-state index in [-0.39, 0.29) is 30.9 Å². The van der Waals surface area contributed by atoms with Crippen LogP contribution in [0, 0.1) is 5.82 Å². The van der Waals surface area contributed by atoms with Gasteiger partial charge >= 0.3 is 12.2 Å². The molecule has 0 radical (unpaired) electrons. The van der Waals surface area contributed by atoms with E-state index in [1.165, 1.54) is 30.2 Å². The number of carbonyl (C=O) groups is 2. The number of rotatable bonds is 5. The van der Waals surface area contributed by atoms with E-state index < -0.39 is 46.2 Å². The van der Waals surface area contributed by atoms with Gasteiger partial charge in [-0.3, -0.25) is 4.90 Å². The third kappa shape index (κ3) is 7.42. The summed E-state index contributed by atoms with van der Waals surface area (Å²) in [7, 11) is 1.27. The van der Waals surface area contributed by atoms with E-state index in [2.05, 4.69) is 0 Å². The van der Waals surface area contributed by atoms with Crippen LogP contribution in [0.15, 0.2) is 18.2 Å². The first-order valence-electron chi connectivity index (χ1n) is 9.69. The second kappa shape index (κ2) is 10.5. The van der Waals surface area contributed by atoms with E-state index in [9.17, 15) is 18.4 Å². The number of ether oxygens (including phenoxy) is 3. The first-order valence-corrected chi connectivity index (χ1v) is 10.8. The van der Waals surface area contributed by atoms with Crippen molar-refractivity contribution in [3.05, 3.63) is 24.0 Å². The van der Waals surface area contributed by atoms with Gasteiger partial charge in [0.1, 0.15) is 18.4 Å². The van der Waals surface area contributed by atoms with Crippen molar-refractivity contribution in [2.45, 2.75) is 48.8 Å². The maximum absolute atomic E-state index is 15.0. The van der Waals surface area contributed by atoms with E-state index in [1.54, 1.807) is 20.8 Å². The first-order chi connectivity index (χ1) is 14.7. The van der Waals surface area contributed by atoms with Gasteiger partial charge in [-0.2, -0.15) is 0 Å². The lowest BCUT2D eigenvalue weighted by atomic mass is 10.1. The lowest BCUT2D eigenvalue weighted by Crippen LogP contribution is -2.47. The highest BCUT2D eigenvalue weighted by Gasteiger charge is 2.40. The summed E-state index contributed by atoms with van der Waals surface area (Å²) in [6.07, 6.45) is -3.22. The minimum absolute atomic E-state index is 0.0843. The van der Waals surface area contributed by atoms with E-state index >= 15 is 0 Å². The Morgan fingerprint density at radius 2 is 1.91 bits per heavy atom. The second-order valence-electron chi connectivity index (χ2n) is 8.19. The molecule has 0 aromatic heterocycles. The molecule has 1 heterocycles. The molecule has 1 aromatic rings. The molecule has 1 saturated heterocycles.